The molecular weight excluding hydrogens is 183 g/mol. The highest BCUT2D eigenvalue weighted by atomic mass is 19.1. The van der Waals surface area contributed by atoms with E-state index >= 15 is 0 Å². The molecule has 0 N–H and O–H groups in total. The van der Waals surface area contributed by atoms with Crippen molar-refractivity contribution in [3.63, 3.8) is 0 Å². The Morgan fingerprint density at radius 1 is 1.43 bits per heavy atom. The lowest BCUT2D eigenvalue weighted by molar-refractivity contribution is 0.575. The molecule has 0 atom stereocenters. The minimum atomic E-state index is -0.552. The fraction of sp³-hybridized carbons (Fsp3) is 0.222. The van der Waals surface area contributed by atoms with E-state index in [9.17, 15) is 4.39 Å². The largest absolute Gasteiger partial charge is 0.222 e. The van der Waals surface area contributed by atoms with Crippen LogP contribution in [0.3, 0.4) is 0 Å². The molecule has 72 valence electrons. The van der Waals surface area contributed by atoms with E-state index in [4.69, 9.17) is 0 Å². The molecule has 0 amide bonds. The lowest BCUT2D eigenvalue weighted by Crippen LogP contribution is -1.99. The van der Waals surface area contributed by atoms with Crippen LogP contribution in [0.15, 0.2) is 24.8 Å². The Hall–Kier alpha value is -1.78. The van der Waals surface area contributed by atoms with Crippen molar-refractivity contribution in [1.29, 1.82) is 0 Å². The summed E-state index contributed by atoms with van der Waals surface area (Å²) in [6.07, 6.45) is 5.63. The van der Waals surface area contributed by atoms with E-state index in [1.165, 1.54) is 17.1 Å². The van der Waals surface area contributed by atoms with E-state index in [1.54, 1.807) is 6.20 Å². The molecule has 2 rings (SSSR count). The Balaban J connectivity index is 2.39. The van der Waals surface area contributed by atoms with Gasteiger partial charge in [-0.25, -0.2) is 14.6 Å². The van der Waals surface area contributed by atoms with Crippen LogP contribution in [0.25, 0.3) is 5.82 Å². The number of hydrogen-bond donors (Lipinski definition) is 0. The predicted molar refractivity (Wildman–Crippen MR) is 48.5 cm³/mol. The van der Waals surface area contributed by atoms with Gasteiger partial charge < -0.3 is 0 Å². The summed E-state index contributed by atoms with van der Waals surface area (Å²) < 4.78 is 14.3. The average Bonchev–Trinajstić information content (AvgIpc) is 2.66. The fourth-order valence-electron chi connectivity index (χ4n) is 1.12. The van der Waals surface area contributed by atoms with Crippen molar-refractivity contribution in [1.82, 2.24) is 19.7 Å². The average molecular weight is 192 g/mol. The number of aryl methyl sites for hydroxylation is 1. The van der Waals surface area contributed by atoms with Crippen molar-refractivity contribution < 1.29 is 4.39 Å². The van der Waals surface area contributed by atoms with E-state index in [1.807, 2.05) is 13.1 Å². The third kappa shape index (κ3) is 1.61. The van der Waals surface area contributed by atoms with Gasteiger partial charge in [0.15, 0.2) is 5.82 Å². The van der Waals surface area contributed by atoms with Gasteiger partial charge in [-0.05, 0) is 12.0 Å². The summed E-state index contributed by atoms with van der Waals surface area (Å²) in [7, 11) is 0. The van der Waals surface area contributed by atoms with E-state index in [0.29, 0.717) is 5.82 Å². The molecule has 0 spiro atoms. The van der Waals surface area contributed by atoms with Crippen LogP contribution in [0.5, 0.6) is 0 Å². The number of nitrogens with zero attached hydrogens (tertiary/aromatic N) is 4. The zero-order chi connectivity index (χ0) is 9.97. The minimum absolute atomic E-state index is 0.442. The Morgan fingerprint density at radius 3 is 2.93 bits per heavy atom. The SMILES string of the molecule is CCc1cnn(-c2cc(F)ncn2)c1. The molecule has 0 aliphatic heterocycles. The van der Waals surface area contributed by atoms with Crippen molar-refractivity contribution in [3.05, 3.63) is 36.3 Å². The highest BCUT2D eigenvalue weighted by molar-refractivity contribution is 5.20. The molecule has 2 aromatic rings. The van der Waals surface area contributed by atoms with Gasteiger partial charge in [-0.1, -0.05) is 6.92 Å². The molecule has 5 heteroatoms. The highest BCUT2D eigenvalue weighted by Crippen LogP contribution is 2.05. The van der Waals surface area contributed by atoms with Crippen LogP contribution in [-0.2, 0) is 6.42 Å². The maximum Gasteiger partial charge on any atom is 0.218 e. The second-order valence-electron chi connectivity index (χ2n) is 2.85. The van der Waals surface area contributed by atoms with Crippen molar-refractivity contribution in [2.45, 2.75) is 13.3 Å². The zero-order valence-electron chi connectivity index (χ0n) is 7.68. The van der Waals surface area contributed by atoms with Crippen LogP contribution in [0.1, 0.15) is 12.5 Å². The lowest BCUT2D eigenvalue weighted by Gasteiger charge is -1.97. The first kappa shape index (κ1) is 8.80. The van der Waals surface area contributed by atoms with Gasteiger partial charge in [0.25, 0.3) is 0 Å². The summed E-state index contributed by atoms with van der Waals surface area (Å²) in [6.45, 7) is 2.03. The Kier molecular flexibility index (Phi) is 2.22. The van der Waals surface area contributed by atoms with Crippen molar-refractivity contribution >= 4 is 0 Å². The van der Waals surface area contributed by atoms with Crippen LogP contribution >= 0.6 is 0 Å². The summed E-state index contributed by atoms with van der Waals surface area (Å²) in [5.74, 6) is -0.110. The predicted octanol–water partition coefficient (Wildman–Crippen LogP) is 1.36. The number of rotatable bonds is 2. The van der Waals surface area contributed by atoms with E-state index in [0.717, 1.165) is 12.0 Å². The van der Waals surface area contributed by atoms with Crippen LogP contribution in [0.4, 0.5) is 4.39 Å². The van der Waals surface area contributed by atoms with Gasteiger partial charge in [-0.3, -0.25) is 0 Å². The summed E-state index contributed by atoms with van der Waals surface area (Å²) in [4.78, 5) is 7.28. The summed E-state index contributed by atoms with van der Waals surface area (Å²) in [5, 5.41) is 4.06. The minimum Gasteiger partial charge on any atom is -0.222 e. The molecule has 2 aromatic heterocycles. The van der Waals surface area contributed by atoms with Crippen LogP contribution in [0.2, 0.25) is 0 Å². The molecule has 0 saturated heterocycles. The standard InChI is InChI=1S/C9H9FN4/c1-2-7-4-13-14(5-7)9-3-8(10)11-6-12-9/h3-6H,2H2,1H3. The molecule has 4 nitrogen and oxygen atoms in total. The lowest BCUT2D eigenvalue weighted by atomic mass is 10.3. The first-order valence-electron chi connectivity index (χ1n) is 4.31. The Bertz CT molecular complexity index is 438. The molecule has 0 fully saturated rings. The second kappa shape index (κ2) is 3.53. The normalized spacial score (nSPS) is 10.4. The first-order valence-corrected chi connectivity index (χ1v) is 4.31. The molecule has 0 aromatic carbocycles. The van der Waals surface area contributed by atoms with E-state index in [2.05, 4.69) is 15.1 Å². The molecule has 0 unspecified atom stereocenters. The van der Waals surface area contributed by atoms with Crippen molar-refractivity contribution in [3.8, 4) is 5.82 Å². The molecule has 14 heavy (non-hydrogen) atoms. The van der Waals surface area contributed by atoms with E-state index in [-0.39, 0.29) is 0 Å². The van der Waals surface area contributed by atoms with Crippen LogP contribution < -0.4 is 0 Å². The smallest absolute Gasteiger partial charge is 0.218 e. The summed E-state index contributed by atoms with van der Waals surface area (Å²) in [5.41, 5.74) is 1.09. The molecule has 0 bridgehead atoms. The molecule has 0 aliphatic carbocycles. The topological polar surface area (TPSA) is 43.6 Å². The van der Waals surface area contributed by atoms with Gasteiger partial charge in [-0.2, -0.15) is 9.49 Å². The van der Waals surface area contributed by atoms with E-state index < -0.39 is 5.95 Å². The third-order valence-electron chi connectivity index (χ3n) is 1.90. The van der Waals surface area contributed by atoms with Crippen molar-refractivity contribution in [2.24, 2.45) is 0 Å². The first-order chi connectivity index (χ1) is 6.79. The highest BCUT2D eigenvalue weighted by Gasteiger charge is 2.02. The maximum atomic E-state index is 12.7. The summed E-state index contributed by atoms with van der Waals surface area (Å²) in [6, 6.07) is 1.24. The van der Waals surface area contributed by atoms with Gasteiger partial charge in [0.1, 0.15) is 6.33 Å². The Labute approximate surface area is 80.4 Å². The van der Waals surface area contributed by atoms with Crippen LogP contribution in [-0.4, -0.2) is 19.7 Å². The third-order valence-corrected chi connectivity index (χ3v) is 1.90. The Morgan fingerprint density at radius 2 is 2.29 bits per heavy atom. The van der Waals surface area contributed by atoms with Crippen LogP contribution in [0, 0.1) is 5.95 Å². The molecule has 0 saturated carbocycles. The quantitative estimate of drug-likeness (QED) is 0.675. The maximum absolute atomic E-state index is 12.7. The number of halogens is 1. The zero-order valence-corrected chi connectivity index (χ0v) is 7.68. The molecule has 2 heterocycles. The van der Waals surface area contributed by atoms with Gasteiger partial charge in [0.2, 0.25) is 5.95 Å². The van der Waals surface area contributed by atoms with Gasteiger partial charge in [0, 0.05) is 12.3 Å². The number of aromatic nitrogens is 4. The molecule has 0 aliphatic rings. The summed E-state index contributed by atoms with van der Waals surface area (Å²) >= 11 is 0. The van der Waals surface area contributed by atoms with Gasteiger partial charge in [0.05, 0.1) is 6.20 Å². The molecular formula is C9H9FN4. The van der Waals surface area contributed by atoms with Crippen molar-refractivity contribution in [2.75, 3.05) is 0 Å². The fourth-order valence-corrected chi connectivity index (χ4v) is 1.12. The molecule has 0 radical (unpaired) electrons. The monoisotopic (exact) mass is 192 g/mol. The van der Waals surface area contributed by atoms with Gasteiger partial charge >= 0.3 is 0 Å². The second-order valence-corrected chi connectivity index (χ2v) is 2.85. The number of hydrogen-bond acceptors (Lipinski definition) is 3. The van der Waals surface area contributed by atoms with Gasteiger partial charge in [-0.15, -0.1) is 0 Å².